The van der Waals surface area contributed by atoms with Crippen molar-refractivity contribution in [3.05, 3.63) is 43.4 Å². The van der Waals surface area contributed by atoms with E-state index in [4.69, 9.17) is 0 Å². The molecule has 0 radical (unpaired) electrons. The molecule has 0 aromatic rings. The summed E-state index contributed by atoms with van der Waals surface area (Å²) in [6, 6.07) is 0. The zero-order valence-corrected chi connectivity index (χ0v) is 13.1. The predicted octanol–water partition coefficient (Wildman–Crippen LogP) is 1.21. The van der Waals surface area contributed by atoms with Gasteiger partial charge in [-0.25, -0.2) is 0 Å². The van der Waals surface area contributed by atoms with Crippen LogP contribution in [-0.4, -0.2) is 41.1 Å². The van der Waals surface area contributed by atoms with E-state index in [-0.39, 0.29) is 12.1 Å². The maximum absolute atomic E-state index is 11.3. The molecule has 10 heteroatoms. The molecule has 122 valence electrons. The molecule has 0 heterocycles. The van der Waals surface area contributed by atoms with Crippen LogP contribution in [0.5, 0.6) is 0 Å². The van der Waals surface area contributed by atoms with Crippen LogP contribution in [-0.2, 0) is 10.3 Å². The Labute approximate surface area is 128 Å². The SMILES string of the molecule is CCCN(CCC)C1=C([N+](=O)[O-])C(=S(=O)=O)CC=C1[N+](=O)[O-]. The first-order chi connectivity index (χ1) is 10.3. The fourth-order valence-corrected chi connectivity index (χ4v) is 2.87. The van der Waals surface area contributed by atoms with E-state index in [1.54, 1.807) is 0 Å². The van der Waals surface area contributed by atoms with E-state index in [0.717, 1.165) is 6.08 Å². The van der Waals surface area contributed by atoms with Crippen LogP contribution in [0.1, 0.15) is 33.1 Å². The summed E-state index contributed by atoms with van der Waals surface area (Å²) in [6.45, 7) is 4.41. The summed E-state index contributed by atoms with van der Waals surface area (Å²) in [4.78, 5) is 22.1. The van der Waals surface area contributed by atoms with Gasteiger partial charge < -0.3 is 4.90 Å². The zero-order valence-electron chi connectivity index (χ0n) is 12.3. The van der Waals surface area contributed by atoms with Crippen LogP contribution < -0.4 is 0 Å². The Bertz CT molecular complexity index is 663. The lowest BCUT2D eigenvalue weighted by Crippen LogP contribution is -2.34. The Morgan fingerprint density at radius 1 is 1.14 bits per heavy atom. The van der Waals surface area contributed by atoms with Crippen molar-refractivity contribution in [2.75, 3.05) is 13.1 Å². The molecule has 9 nitrogen and oxygen atoms in total. The molecule has 0 saturated carbocycles. The van der Waals surface area contributed by atoms with Gasteiger partial charge in [0.25, 0.3) is 5.70 Å². The lowest BCUT2D eigenvalue weighted by atomic mass is 10.0. The second kappa shape index (κ2) is 7.69. The predicted molar refractivity (Wildman–Crippen MR) is 79.8 cm³/mol. The van der Waals surface area contributed by atoms with Crippen LogP contribution >= 0.6 is 0 Å². The Kier molecular flexibility index (Phi) is 6.23. The molecule has 1 aliphatic rings. The van der Waals surface area contributed by atoms with Crippen molar-refractivity contribution in [1.29, 1.82) is 0 Å². The maximum Gasteiger partial charge on any atom is 0.318 e. The third-order valence-corrected chi connectivity index (χ3v) is 3.86. The van der Waals surface area contributed by atoms with E-state index in [1.165, 1.54) is 4.90 Å². The summed E-state index contributed by atoms with van der Waals surface area (Å²) in [5.74, 6) is 0. The van der Waals surface area contributed by atoms with Gasteiger partial charge in [0.1, 0.15) is 0 Å². The third-order valence-electron chi connectivity index (χ3n) is 3.10. The lowest BCUT2D eigenvalue weighted by Gasteiger charge is -2.26. The highest BCUT2D eigenvalue weighted by molar-refractivity contribution is 7.73. The summed E-state index contributed by atoms with van der Waals surface area (Å²) in [6.07, 6.45) is 2.01. The minimum atomic E-state index is -2.80. The molecule has 0 N–H and O–H groups in total. The van der Waals surface area contributed by atoms with E-state index in [2.05, 4.69) is 0 Å². The Morgan fingerprint density at radius 3 is 2.05 bits per heavy atom. The highest BCUT2D eigenvalue weighted by Gasteiger charge is 2.40. The normalized spacial score (nSPS) is 14.6. The van der Waals surface area contributed by atoms with Gasteiger partial charge in [0.2, 0.25) is 10.3 Å². The molecule has 1 rings (SSSR count). The van der Waals surface area contributed by atoms with E-state index >= 15 is 0 Å². The molecule has 0 bridgehead atoms. The van der Waals surface area contributed by atoms with Crippen LogP contribution in [0.25, 0.3) is 0 Å². The first-order valence-electron chi connectivity index (χ1n) is 6.79. The fourth-order valence-electron chi connectivity index (χ4n) is 2.32. The largest absolute Gasteiger partial charge is 0.360 e. The summed E-state index contributed by atoms with van der Waals surface area (Å²) in [5, 5.41) is 22.6. The van der Waals surface area contributed by atoms with Gasteiger partial charge in [0.15, 0.2) is 10.6 Å². The molecular weight excluding hydrogens is 314 g/mol. The highest BCUT2D eigenvalue weighted by Crippen LogP contribution is 2.28. The van der Waals surface area contributed by atoms with Gasteiger partial charge in [-0.05, 0) is 12.8 Å². The first kappa shape index (κ1) is 17.8. The van der Waals surface area contributed by atoms with Crippen molar-refractivity contribution in [1.82, 2.24) is 4.90 Å². The second-order valence-electron chi connectivity index (χ2n) is 4.65. The molecule has 0 atom stereocenters. The quantitative estimate of drug-likeness (QED) is 0.390. The van der Waals surface area contributed by atoms with Crippen LogP contribution in [0, 0.1) is 20.2 Å². The monoisotopic (exact) mass is 331 g/mol. The molecule has 0 aromatic carbocycles. The molecule has 22 heavy (non-hydrogen) atoms. The average Bonchev–Trinajstić information content (AvgIpc) is 2.45. The number of hydrogen-bond acceptors (Lipinski definition) is 7. The van der Waals surface area contributed by atoms with Gasteiger partial charge in [-0.1, -0.05) is 13.8 Å². The zero-order chi connectivity index (χ0) is 16.9. The molecule has 0 aromatic heterocycles. The van der Waals surface area contributed by atoms with Gasteiger partial charge in [0, 0.05) is 25.6 Å². The van der Waals surface area contributed by atoms with Gasteiger partial charge >= 0.3 is 5.70 Å². The van der Waals surface area contributed by atoms with Crippen LogP contribution in [0.4, 0.5) is 0 Å². The molecule has 0 aliphatic heterocycles. The van der Waals surface area contributed by atoms with Crippen molar-refractivity contribution in [2.45, 2.75) is 33.1 Å². The lowest BCUT2D eigenvalue weighted by molar-refractivity contribution is -0.435. The van der Waals surface area contributed by atoms with Crippen molar-refractivity contribution in [3.63, 3.8) is 0 Å². The summed E-state index contributed by atoms with van der Waals surface area (Å²) < 4.78 is 22.5. The van der Waals surface area contributed by atoms with E-state index < -0.39 is 36.4 Å². The number of hydrogen-bond donors (Lipinski definition) is 0. The Morgan fingerprint density at radius 2 is 1.68 bits per heavy atom. The van der Waals surface area contributed by atoms with Crippen molar-refractivity contribution in [3.8, 4) is 0 Å². The summed E-state index contributed by atoms with van der Waals surface area (Å²) >= 11 is 0. The number of nitrogens with zero attached hydrogens (tertiary/aromatic N) is 3. The van der Waals surface area contributed by atoms with Crippen molar-refractivity contribution in [2.24, 2.45) is 0 Å². The van der Waals surface area contributed by atoms with Crippen LogP contribution in [0.2, 0.25) is 0 Å². The number of rotatable bonds is 7. The third kappa shape index (κ3) is 3.70. The molecule has 0 fully saturated rings. The molecule has 0 saturated heterocycles. The molecule has 0 spiro atoms. The van der Waals surface area contributed by atoms with Crippen molar-refractivity contribution >= 4 is 15.2 Å². The van der Waals surface area contributed by atoms with Crippen LogP contribution in [0.15, 0.2) is 23.2 Å². The standard InChI is InChI=1S/C12H17N3O6S/c1-3-7-13(8-4-2)11-9(14(16)17)5-6-10(22(20)21)12(11)15(18)19/h5H,3-4,6-8H2,1-2H3. The molecular formula is C12H17N3O6S. The summed E-state index contributed by atoms with van der Waals surface area (Å²) in [7, 11) is -2.80. The van der Waals surface area contributed by atoms with Gasteiger partial charge in [-0.3, -0.25) is 20.2 Å². The fraction of sp³-hybridized carbons (Fsp3) is 0.583. The first-order valence-corrected chi connectivity index (χ1v) is 7.86. The van der Waals surface area contributed by atoms with Gasteiger partial charge in [-0.2, -0.15) is 8.42 Å². The number of nitro groups is 2. The van der Waals surface area contributed by atoms with Gasteiger partial charge in [0.05, 0.1) is 9.85 Å². The van der Waals surface area contributed by atoms with E-state index in [1.807, 2.05) is 13.8 Å². The molecule has 0 unspecified atom stereocenters. The summed E-state index contributed by atoms with van der Waals surface area (Å²) in [5.41, 5.74) is -1.32. The van der Waals surface area contributed by atoms with Gasteiger partial charge in [-0.15, -0.1) is 0 Å². The topological polar surface area (TPSA) is 124 Å². The Hall–Kier alpha value is -2.23. The maximum atomic E-state index is 11.3. The molecule has 0 amide bonds. The van der Waals surface area contributed by atoms with E-state index in [0.29, 0.717) is 25.9 Å². The van der Waals surface area contributed by atoms with Crippen LogP contribution in [0.3, 0.4) is 0 Å². The minimum absolute atomic E-state index is 0.218. The minimum Gasteiger partial charge on any atom is -0.360 e. The molecule has 1 aliphatic carbocycles. The smallest absolute Gasteiger partial charge is 0.318 e. The number of allylic oxidation sites excluding steroid dienone is 2. The van der Waals surface area contributed by atoms with E-state index in [9.17, 15) is 28.6 Å². The highest BCUT2D eigenvalue weighted by atomic mass is 32.2. The van der Waals surface area contributed by atoms with Crippen molar-refractivity contribution < 1.29 is 18.3 Å². The Balaban J connectivity index is 3.68. The second-order valence-corrected chi connectivity index (χ2v) is 5.61. The average molecular weight is 331 g/mol.